The molecule has 1 aliphatic carbocycles. The van der Waals surface area contributed by atoms with Crippen LogP contribution in [0.5, 0.6) is 0 Å². The molecule has 0 radical (unpaired) electrons. The third-order valence-electron chi connectivity index (χ3n) is 3.09. The fourth-order valence-corrected chi connectivity index (χ4v) is 2.25. The Bertz CT molecular complexity index is 415. The Balaban J connectivity index is 1.85. The molecule has 4 heteroatoms. The fourth-order valence-electron chi connectivity index (χ4n) is 2.09. The zero-order valence-corrected chi connectivity index (χ0v) is 10.6. The SMILES string of the molecule is Nc1c(NCCC2=CCCCC2)ccnc1Cl. The standard InChI is InChI=1S/C13H18ClN3/c14-13-12(15)11(7-9-17-13)16-8-6-10-4-2-1-3-5-10/h4,7,9H,1-3,5-6,8,15H2,(H,16,17). The summed E-state index contributed by atoms with van der Waals surface area (Å²) in [5.41, 5.74) is 8.80. The molecule has 0 spiro atoms. The van der Waals surface area contributed by atoms with Gasteiger partial charge in [0.05, 0.1) is 11.4 Å². The van der Waals surface area contributed by atoms with Gasteiger partial charge in [-0.3, -0.25) is 0 Å². The highest BCUT2D eigenvalue weighted by Gasteiger charge is 2.05. The molecular formula is C13H18ClN3. The summed E-state index contributed by atoms with van der Waals surface area (Å²) in [7, 11) is 0. The third-order valence-corrected chi connectivity index (χ3v) is 3.39. The van der Waals surface area contributed by atoms with Crippen LogP contribution in [0.2, 0.25) is 5.15 Å². The van der Waals surface area contributed by atoms with Gasteiger partial charge in [-0.05, 0) is 38.2 Å². The van der Waals surface area contributed by atoms with Crippen LogP contribution in [0.3, 0.4) is 0 Å². The molecule has 17 heavy (non-hydrogen) atoms. The lowest BCUT2D eigenvalue weighted by Crippen LogP contribution is -2.07. The lowest BCUT2D eigenvalue weighted by atomic mass is 9.97. The third kappa shape index (κ3) is 3.37. The summed E-state index contributed by atoms with van der Waals surface area (Å²) >= 11 is 5.85. The number of halogens is 1. The topological polar surface area (TPSA) is 50.9 Å². The van der Waals surface area contributed by atoms with E-state index in [1.807, 2.05) is 6.07 Å². The Hall–Kier alpha value is -1.22. The highest BCUT2D eigenvalue weighted by molar-refractivity contribution is 6.32. The monoisotopic (exact) mass is 251 g/mol. The van der Waals surface area contributed by atoms with E-state index in [-0.39, 0.29) is 0 Å². The van der Waals surface area contributed by atoms with Gasteiger partial charge in [-0.15, -0.1) is 0 Å². The zero-order valence-electron chi connectivity index (χ0n) is 9.88. The first-order valence-electron chi connectivity index (χ1n) is 6.09. The van der Waals surface area contributed by atoms with Crippen molar-refractivity contribution in [1.82, 2.24) is 4.98 Å². The molecule has 2 rings (SSSR count). The number of nitrogen functional groups attached to an aromatic ring is 1. The van der Waals surface area contributed by atoms with Gasteiger partial charge in [0.2, 0.25) is 0 Å². The molecule has 0 unspecified atom stereocenters. The molecule has 1 aromatic heterocycles. The van der Waals surface area contributed by atoms with Crippen molar-refractivity contribution in [2.75, 3.05) is 17.6 Å². The molecule has 0 atom stereocenters. The maximum atomic E-state index is 5.85. The van der Waals surface area contributed by atoms with Gasteiger partial charge in [-0.25, -0.2) is 4.98 Å². The van der Waals surface area contributed by atoms with Gasteiger partial charge in [-0.2, -0.15) is 0 Å². The Morgan fingerprint density at radius 3 is 3.06 bits per heavy atom. The van der Waals surface area contributed by atoms with Gasteiger partial charge in [-0.1, -0.05) is 23.3 Å². The van der Waals surface area contributed by atoms with E-state index < -0.39 is 0 Å². The van der Waals surface area contributed by atoms with E-state index in [0.29, 0.717) is 10.8 Å². The number of nitrogens with zero attached hydrogens (tertiary/aromatic N) is 1. The number of rotatable bonds is 4. The van der Waals surface area contributed by atoms with Crippen molar-refractivity contribution in [2.24, 2.45) is 0 Å². The molecule has 0 saturated carbocycles. The van der Waals surface area contributed by atoms with Crippen molar-refractivity contribution < 1.29 is 0 Å². The molecular weight excluding hydrogens is 234 g/mol. The highest BCUT2D eigenvalue weighted by Crippen LogP contribution is 2.25. The van der Waals surface area contributed by atoms with Crippen LogP contribution < -0.4 is 11.1 Å². The van der Waals surface area contributed by atoms with Crippen molar-refractivity contribution in [2.45, 2.75) is 32.1 Å². The van der Waals surface area contributed by atoms with Gasteiger partial charge < -0.3 is 11.1 Å². The van der Waals surface area contributed by atoms with Crippen molar-refractivity contribution in [3.05, 3.63) is 29.1 Å². The molecule has 0 bridgehead atoms. The molecule has 0 fully saturated rings. The van der Waals surface area contributed by atoms with E-state index in [1.54, 1.807) is 11.8 Å². The van der Waals surface area contributed by atoms with Crippen LogP contribution in [0.1, 0.15) is 32.1 Å². The molecule has 1 heterocycles. The van der Waals surface area contributed by atoms with Crippen molar-refractivity contribution in [3.8, 4) is 0 Å². The molecule has 3 nitrogen and oxygen atoms in total. The van der Waals surface area contributed by atoms with Gasteiger partial charge in [0.25, 0.3) is 0 Å². The van der Waals surface area contributed by atoms with Crippen LogP contribution in [0.25, 0.3) is 0 Å². The number of nitrogens with one attached hydrogen (secondary N) is 1. The van der Waals surface area contributed by atoms with E-state index in [1.165, 1.54) is 25.7 Å². The summed E-state index contributed by atoms with van der Waals surface area (Å²) in [6.45, 7) is 0.899. The summed E-state index contributed by atoms with van der Waals surface area (Å²) in [5, 5.41) is 3.68. The Kier molecular flexibility index (Phi) is 4.26. The first-order valence-corrected chi connectivity index (χ1v) is 6.47. The van der Waals surface area contributed by atoms with Crippen LogP contribution in [-0.4, -0.2) is 11.5 Å². The second-order valence-electron chi connectivity index (χ2n) is 4.35. The number of nitrogens with two attached hydrogens (primary N) is 1. The average Bonchev–Trinajstić information content (AvgIpc) is 2.36. The molecule has 3 N–H and O–H groups in total. The molecule has 1 aromatic rings. The number of pyridine rings is 1. The van der Waals surface area contributed by atoms with E-state index in [2.05, 4.69) is 16.4 Å². The second kappa shape index (κ2) is 5.92. The minimum atomic E-state index is 0.367. The lowest BCUT2D eigenvalue weighted by molar-refractivity contribution is 0.679. The number of hydrogen-bond donors (Lipinski definition) is 2. The maximum absolute atomic E-state index is 5.85. The van der Waals surface area contributed by atoms with Crippen LogP contribution in [-0.2, 0) is 0 Å². The highest BCUT2D eigenvalue weighted by atomic mass is 35.5. The van der Waals surface area contributed by atoms with E-state index in [0.717, 1.165) is 18.7 Å². The van der Waals surface area contributed by atoms with Gasteiger partial charge in [0, 0.05) is 12.7 Å². The summed E-state index contributed by atoms with van der Waals surface area (Å²) < 4.78 is 0. The van der Waals surface area contributed by atoms with E-state index >= 15 is 0 Å². The Labute approximate surface area is 107 Å². The summed E-state index contributed by atoms with van der Waals surface area (Å²) in [6.07, 6.45) is 10.3. The Morgan fingerprint density at radius 2 is 2.29 bits per heavy atom. The quantitative estimate of drug-likeness (QED) is 0.635. The predicted octanol–water partition coefficient (Wildman–Crippen LogP) is 3.62. The average molecular weight is 252 g/mol. The van der Waals surface area contributed by atoms with Crippen LogP contribution in [0.4, 0.5) is 11.4 Å². The zero-order chi connectivity index (χ0) is 12.1. The van der Waals surface area contributed by atoms with Crippen molar-refractivity contribution in [3.63, 3.8) is 0 Å². The number of anilines is 2. The largest absolute Gasteiger partial charge is 0.395 e. The Morgan fingerprint density at radius 1 is 1.41 bits per heavy atom. The lowest BCUT2D eigenvalue weighted by Gasteiger charge is -2.14. The molecule has 0 amide bonds. The molecule has 1 aliphatic rings. The second-order valence-corrected chi connectivity index (χ2v) is 4.71. The first-order chi connectivity index (χ1) is 8.27. The number of aromatic nitrogens is 1. The van der Waals surface area contributed by atoms with Crippen molar-refractivity contribution in [1.29, 1.82) is 0 Å². The smallest absolute Gasteiger partial charge is 0.153 e. The van der Waals surface area contributed by atoms with Gasteiger partial charge in [0.1, 0.15) is 0 Å². The maximum Gasteiger partial charge on any atom is 0.153 e. The predicted molar refractivity (Wildman–Crippen MR) is 73.3 cm³/mol. The summed E-state index contributed by atoms with van der Waals surface area (Å²) in [4.78, 5) is 3.93. The van der Waals surface area contributed by atoms with Crippen LogP contribution >= 0.6 is 11.6 Å². The minimum Gasteiger partial charge on any atom is -0.395 e. The minimum absolute atomic E-state index is 0.367. The first kappa shape index (κ1) is 12.2. The van der Waals surface area contributed by atoms with Crippen LogP contribution in [0, 0.1) is 0 Å². The molecule has 0 aliphatic heterocycles. The van der Waals surface area contributed by atoms with Gasteiger partial charge in [0.15, 0.2) is 5.15 Å². The molecule has 0 aromatic carbocycles. The van der Waals surface area contributed by atoms with E-state index in [9.17, 15) is 0 Å². The number of allylic oxidation sites excluding steroid dienone is 1. The van der Waals surface area contributed by atoms with Crippen LogP contribution in [0.15, 0.2) is 23.9 Å². The van der Waals surface area contributed by atoms with E-state index in [4.69, 9.17) is 17.3 Å². The number of hydrogen-bond acceptors (Lipinski definition) is 3. The summed E-state index contributed by atoms with van der Waals surface area (Å²) in [5.74, 6) is 0. The molecule has 0 saturated heterocycles. The summed E-state index contributed by atoms with van der Waals surface area (Å²) in [6, 6.07) is 1.86. The molecule has 92 valence electrons. The normalized spacial score (nSPS) is 15.5. The van der Waals surface area contributed by atoms with Gasteiger partial charge >= 0.3 is 0 Å². The van der Waals surface area contributed by atoms with Crippen molar-refractivity contribution >= 4 is 23.0 Å². The fraction of sp³-hybridized carbons (Fsp3) is 0.462.